The molecular weight excluding hydrogens is 202 g/mol. The molecule has 0 heterocycles. The maximum atomic E-state index is 10.9. The van der Waals surface area contributed by atoms with Gasteiger partial charge in [0.2, 0.25) is 0 Å². The molecular formula is C13H10NO2. The number of aryl methyl sites for hydroxylation is 1. The van der Waals surface area contributed by atoms with E-state index in [9.17, 15) is 10.1 Å². The van der Waals surface area contributed by atoms with E-state index in [1.54, 1.807) is 24.3 Å². The third kappa shape index (κ3) is 1.93. The van der Waals surface area contributed by atoms with Crippen LogP contribution in [0, 0.1) is 23.1 Å². The van der Waals surface area contributed by atoms with Gasteiger partial charge in [-0.3, -0.25) is 10.1 Å². The molecule has 16 heavy (non-hydrogen) atoms. The molecule has 0 aliphatic heterocycles. The summed E-state index contributed by atoms with van der Waals surface area (Å²) in [5.74, 6) is 0. The van der Waals surface area contributed by atoms with Crippen molar-refractivity contribution in [3.05, 3.63) is 64.2 Å². The molecule has 0 aliphatic rings. The van der Waals surface area contributed by atoms with Gasteiger partial charge in [0.25, 0.3) is 5.69 Å². The van der Waals surface area contributed by atoms with Crippen molar-refractivity contribution in [1.29, 1.82) is 0 Å². The zero-order chi connectivity index (χ0) is 11.5. The van der Waals surface area contributed by atoms with E-state index in [2.05, 4.69) is 6.07 Å². The van der Waals surface area contributed by atoms with Crippen molar-refractivity contribution in [2.45, 2.75) is 6.92 Å². The predicted molar refractivity (Wildman–Crippen MR) is 62.1 cm³/mol. The Bertz CT molecular complexity index is 521. The molecule has 0 aliphatic carbocycles. The first-order valence-electron chi connectivity index (χ1n) is 4.90. The lowest BCUT2D eigenvalue weighted by Gasteiger charge is -2.03. The van der Waals surface area contributed by atoms with Crippen LogP contribution >= 0.6 is 0 Å². The summed E-state index contributed by atoms with van der Waals surface area (Å²) in [5, 5.41) is 10.9. The van der Waals surface area contributed by atoms with Crippen molar-refractivity contribution in [1.82, 2.24) is 0 Å². The summed E-state index contributed by atoms with van der Waals surface area (Å²) in [6.45, 7) is 1.84. The first-order valence-corrected chi connectivity index (χ1v) is 4.90. The van der Waals surface area contributed by atoms with Crippen molar-refractivity contribution in [2.75, 3.05) is 0 Å². The zero-order valence-electron chi connectivity index (χ0n) is 8.81. The normalized spacial score (nSPS) is 10.1. The Hall–Kier alpha value is -2.16. The maximum absolute atomic E-state index is 10.9. The molecule has 3 heteroatoms. The second-order valence-corrected chi connectivity index (χ2v) is 3.57. The lowest BCUT2D eigenvalue weighted by Crippen LogP contribution is -1.92. The molecule has 79 valence electrons. The summed E-state index contributed by atoms with van der Waals surface area (Å²) in [7, 11) is 0. The van der Waals surface area contributed by atoms with Gasteiger partial charge in [0.05, 0.1) is 10.5 Å². The van der Waals surface area contributed by atoms with Crippen molar-refractivity contribution in [3.8, 4) is 11.1 Å². The Morgan fingerprint density at radius 3 is 2.50 bits per heavy atom. The topological polar surface area (TPSA) is 43.1 Å². The summed E-state index contributed by atoms with van der Waals surface area (Å²) in [4.78, 5) is 10.6. The summed E-state index contributed by atoms with van der Waals surface area (Å²) in [6, 6.07) is 15.3. The molecule has 0 spiro atoms. The summed E-state index contributed by atoms with van der Waals surface area (Å²) < 4.78 is 0. The molecule has 0 fully saturated rings. The summed E-state index contributed by atoms with van der Waals surface area (Å²) in [5.41, 5.74) is 2.51. The molecule has 3 nitrogen and oxygen atoms in total. The zero-order valence-corrected chi connectivity index (χ0v) is 8.81. The third-order valence-electron chi connectivity index (χ3n) is 2.38. The molecule has 0 saturated heterocycles. The van der Waals surface area contributed by atoms with Gasteiger partial charge in [0.15, 0.2) is 0 Å². The number of hydrogen-bond acceptors (Lipinski definition) is 2. The molecule has 2 aromatic carbocycles. The SMILES string of the molecule is Cc1ccc(-c2cc[c]cc2)c([N+](=O)[O-])c1. The fourth-order valence-corrected chi connectivity index (χ4v) is 1.60. The Morgan fingerprint density at radius 2 is 1.88 bits per heavy atom. The molecule has 1 radical (unpaired) electrons. The number of nitrogens with zero attached hydrogens (tertiary/aromatic N) is 1. The summed E-state index contributed by atoms with van der Waals surface area (Å²) >= 11 is 0. The number of nitro benzene ring substituents is 1. The van der Waals surface area contributed by atoms with Crippen LogP contribution in [0.25, 0.3) is 11.1 Å². The van der Waals surface area contributed by atoms with E-state index in [1.807, 2.05) is 25.1 Å². The highest BCUT2D eigenvalue weighted by Gasteiger charge is 2.14. The molecule has 0 aromatic heterocycles. The Labute approximate surface area is 93.5 Å². The van der Waals surface area contributed by atoms with E-state index in [-0.39, 0.29) is 10.6 Å². The van der Waals surface area contributed by atoms with E-state index in [4.69, 9.17) is 0 Å². The largest absolute Gasteiger partial charge is 0.277 e. The van der Waals surface area contributed by atoms with E-state index in [0.717, 1.165) is 11.1 Å². The number of rotatable bonds is 2. The Kier molecular flexibility index (Phi) is 2.68. The van der Waals surface area contributed by atoms with Crippen LogP contribution in [0.1, 0.15) is 5.56 Å². The van der Waals surface area contributed by atoms with Gasteiger partial charge in [-0.1, -0.05) is 30.3 Å². The number of benzene rings is 2. The molecule has 0 unspecified atom stereocenters. The second-order valence-electron chi connectivity index (χ2n) is 3.57. The van der Waals surface area contributed by atoms with Crippen LogP contribution in [0.2, 0.25) is 0 Å². The van der Waals surface area contributed by atoms with Crippen LogP contribution < -0.4 is 0 Å². The van der Waals surface area contributed by atoms with Gasteiger partial charge in [0.1, 0.15) is 0 Å². The number of hydrogen-bond donors (Lipinski definition) is 0. The van der Waals surface area contributed by atoms with Crippen LogP contribution in [0.5, 0.6) is 0 Å². The molecule has 2 aromatic rings. The van der Waals surface area contributed by atoms with E-state index in [0.29, 0.717) is 5.56 Å². The average Bonchev–Trinajstić information content (AvgIpc) is 2.30. The van der Waals surface area contributed by atoms with Crippen LogP contribution in [0.15, 0.2) is 42.5 Å². The molecule has 0 N–H and O–H groups in total. The predicted octanol–water partition coefficient (Wildman–Crippen LogP) is 3.37. The first kappa shape index (κ1) is 10.4. The minimum Gasteiger partial charge on any atom is -0.258 e. The van der Waals surface area contributed by atoms with E-state index >= 15 is 0 Å². The van der Waals surface area contributed by atoms with Crippen LogP contribution in [-0.4, -0.2) is 4.92 Å². The maximum Gasteiger partial charge on any atom is 0.277 e. The van der Waals surface area contributed by atoms with Gasteiger partial charge < -0.3 is 0 Å². The van der Waals surface area contributed by atoms with E-state index in [1.165, 1.54) is 0 Å². The fraction of sp³-hybridized carbons (Fsp3) is 0.0769. The first-order chi connectivity index (χ1) is 7.68. The minimum atomic E-state index is -0.348. The average molecular weight is 212 g/mol. The van der Waals surface area contributed by atoms with Crippen molar-refractivity contribution >= 4 is 5.69 Å². The lowest BCUT2D eigenvalue weighted by atomic mass is 10.0. The molecule has 0 amide bonds. The van der Waals surface area contributed by atoms with Gasteiger partial charge in [-0.2, -0.15) is 0 Å². The highest BCUT2D eigenvalue weighted by Crippen LogP contribution is 2.30. The van der Waals surface area contributed by atoms with Crippen LogP contribution in [0.3, 0.4) is 0 Å². The summed E-state index contributed by atoms with van der Waals surface area (Å²) in [6.07, 6.45) is 0. The second kappa shape index (κ2) is 4.14. The van der Waals surface area contributed by atoms with Gasteiger partial charge in [-0.15, -0.1) is 0 Å². The third-order valence-corrected chi connectivity index (χ3v) is 2.38. The van der Waals surface area contributed by atoms with Crippen molar-refractivity contribution in [3.63, 3.8) is 0 Å². The smallest absolute Gasteiger partial charge is 0.258 e. The Morgan fingerprint density at radius 1 is 1.19 bits per heavy atom. The van der Waals surface area contributed by atoms with Gasteiger partial charge >= 0.3 is 0 Å². The monoisotopic (exact) mass is 212 g/mol. The standard InChI is InChI=1S/C13H10NO2/c1-10-7-8-12(13(9-10)14(15)16)11-5-3-2-4-6-11/h3-9H,1H3. The number of nitro groups is 1. The van der Waals surface area contributed by atoms with Crippen LogP contribution in [0.4, 0.5) is 5.69 Å². The van der Waals surface area contributed by atoms with Gasteiger partial charge in [-0.05, 0) is 30.2 Å². The molecule has 0 atom stereocenters. The highest BCUT2D eigenvalue weighted by molar-refractivity contribution is 5.73. The molecule has 0 bridgehead atoms. The quantitative estimate of drug-likeness (QED) is 0.565. The molecule has 2 rings (SSSR count). The fourth-order valence-electron chi connectivity index (χ4n) is 1.60. The minimum absolute atomic E-state index is 0.145. The van der Waals surface area contributed by atoms with Crippen LogP contribution in [-0.2, 0) is 0 Å². The van der Waals surface area contributed by atoms with Gasteiger partial charge in [0, 0.05) is 6.07 Å². The van der Waals surface area contributed by atoms with E-state index < -0.39 is 0 Å². The van der Waals surface area contributed by atoms with Crippen molar-refractivity contribution < 1.29 is 4.92 Å². The van der Waals surface area contributed by atoms with Gasteiger partial charge in [-0.25, -0.2) is 0 Å². The Balaban J connectivity index is 2.61. The lowest BCUT2D eigenvalue weighted by molar-refractivity contribution is -0.384. The highest BCUT2D eigenvalue weighted by atomic mass is 16.6. The molecule has 0 saturated carbocycles. The van der Waals surface area contributed by atoms with Crippen molar-refractivity contribution in [2.24, 2.45) is 0 Å².